The van der Waals surface area contributed by atoms with Gasteiger partial charge in [-0.25, -0.2) is 9.97 Å². The van der Waals surface area contributed by atoms with Crippen LogP contribution in [-0.2, 0) is 0 Å². The topological polar surface area (TPSA) is 111 Å². The molecular formula is C28H36F2N4O3. The zero-order chi connectivity index (χ0) is 26.9. The summed E-state index contributed by atoms with van der Waals surface area (Å²) in [5.74, 6) is 0.123. The average molecular weight is 515 g/mol. The number of hydrogen-bond acceptors (Lipinski definition) is 7. The van der Waals surface area contributed by atoms with Crippen LogP contribution in [0.4, 0.5) is 8.78 Å². The summed E-state index contributed by atoms with van der Waals surface area (Å²) in [7, 11) is 1.59. The zero-order valence-corrected chi connectivity index (χ0v) is 21.6. The number of ether oxygens (including phenoxy) is 1. The third-order valence-corrected chi connectivity index (χ3v) is 6.63. The Labute approximate surface area is 216 Å². The summed E-state index contributed by atoms with van der Waals surface area (Å²) in [6.45, 7) is 1.34. The summed E-state index contributed by atoms with van der Waals surface area (Å²) >= 11 is 0. The van der Waals surface area contributed by atoms with Gasteiger partial charge in [-0.1, -0.05) is 32.6 Å². The summed E-state index contributed by atoms with van der Waals surface area (Å²) < 4.78 is 31.9. The van der Waals surface area contributed by atoms with E-state index in [4.69, 9.17) is 10.5 Å². The second kappa shape index (κ2) is 12.9. The number of aliphatic imine (C=N–C) groups is 1. The van der Waals surface area contributed by atoms with Crippen molar-refractivity contribution >= 4 is 17.6 Å². The van der Waals surface area contributed by atoms with E-state index >= 15 is 0 Å². The van der Waals surface area contributed by atoms with Crippen LogP contribution in [0.5, 0.6) is 5.75 Å². The number of carbonyl (C=O) groups is 1. The van der Waals surface area contributed by atoms with Gasteiger partial charge in [-0.3, -0.25) is 9.79 Å². The largest absolute Gasteiger partial charge is 0.433 e. The highest BCUT2D eigenvalue weighted by molar-refractivity contribution is 6.08. The zero-order valence-electron chi connectivity index (χ0n) is 21.6. The van der Waals surface area contributed by atoms with E-state index in [1.807, 2.05) is 0 Å². The minimum Gasteiger partial charge on any atom is -0.433 e. The van der Waals surface area contributed by atoms with Crippen LogP contribution in [0.25, 0.3) is 16.8 Å². The first kappa shape index (κ1) is 28.4. The molecule has 0 unspecified atom stereocenters. The van der Waals surface area contributed by atoms with Crippen molar-refractivity contribution in [3.05, 3.63) is 48.1 Å². The van der Waals surface area contributed by atoms with Crippen molar-refractivity contribution in [2.24, 2.45) is 10.7 Å². The Hall–Kier alpha value is -3.20. The molecule has 1 aromatic heterocycles. The first-order chi connectivity index (χ1) is 17.7. The van der Waals surface area contributed by atoms with Crippen LogP contribution in [0.2, 0.25) is 0 Å². The molecule has 1 fully saturated rings. The molecule has 0 radical (unpaired) electrons. The molecule has 9 heteroatoms. The maximum Gasteiger partial charge on any atom is 0.397 e. The molecule has 0 aliphatic heterocycles. The molecule has 1 aromatic carbocycles. The standard InChI is InChI=1S/C28H36F2N4O3/c1-3-28(29,30)37-22-12-10-20(11-13-22)23-17-24(34-26(33-23)21(18-31)19-32-2)25(35)9-5-8-16-27(36)14-6-4-7-15-27/h10-13,17-19,36H,3-9,14-16,31H2,1-2H3. The van der Waals surface area contributed by atoms with Crippen molar-refractivity contribution in [1.82, 2.24) is 9.97 Å². The Kier molecular flexibility index (Phi) is 9.86. The number of benzene rings is 1. The van der Waals surface area contributed by atoms with Crippen LogP contribution < -0.4 is 10.5 Å². The van der Waals surface area contributed by atoms with Crippen molar-refractivity contribution in [3.8, 4) is 17.0 Å². The van der Waals surface area contributed by atoms with Crippen molar-refractivity contribution in [3.63, 3.8) is 0 Å². The van der Waals surface area contributed by atoms with E-state index in [1.165, 1.54) is 37.9 Å². The fraction of sp³-hybridized carbons (Fsp3) is 0.500. The van der Waals surface area contributed by atoms with Crippen LogP contribution in [0.3, 0.4) is 0 Å². The number of unbranched alkanes of at least 4 members (excludes halogenated alkanes) is 1. The van der Waals surface area contributed by atoms with E-state index in [-0.39, 0.29) is 29.5 Å². The second-order valence-corrected chi connectivity index (χ2v) is 9.50. The van der Waals surface area contributed by atoms with E-state index in [0.717, 1.165) is 32.1 Å². The molecule has 7 nitrogen and oxygen atoms in total. The first-order valence-corrected chi connectivity index (χ1v) is 12.8. The van der Waals surface area contributed by atoms with Gasteiger partial charge in [0.15, 0.2) is 11.6 Å². The predicted molar refractivity (Wildman–Crippen MR) is 141 cm³/mol. The fourth-order valence-corrected chi connectivity index (χ4v) is 4.45. The number of nitrogens with zero attached hydrogens (tertiary/aromatic N) is 3. The molecule has 200 valence electrons. The number of ketones is 1. The van der Waals surface area contributed by atoms with Crippen LogP contribution in [-0.4, -0.2) is 45.8 Å². The molecule has 37 heavy (non-hydrogen) atoms. The first-order valence-electron chi connectivity index (χ1n) is 12.8. The normalized spacial score (nSPS) is 16.2. The number of halogens is 2. The quantitative estimate of drug-likeness (QED) is 0.205. The third-order valence-electron chi connectivity index (χ3n) is 6.63. The summed E-state index contributed by atoms with van der Waals surface area (Å²) in [6.07, 6.45) is 6.42. The molecule has 2 aromatic rings. The van der Waals surface area contributed by atoms with Gasteiger partial charge in [0.2, 0.25) is 0 Å². The maximum atomic E-state index is 13.6. The maximum absolute atomic E-state index is 13.6. The van der Waals surface area contributed by atoms with Crippen molar-refractivity contribution in [1.29, 1.82) is 0 Å². The van der Waals surface area contributed by atoms with Gasteiger partial charge in [-0.15, -0.1) is 0 Å². The summed E-state index contributed by atoms with van der Waals surface area (Å²) in [5, 5.41) is 10.7. The SMILES string of the molecule is CCC(F)(F)Oc1ccc(-c2cc(C(=O)CCCCC3(O)CCCCC3)nc(C(C=NC)=CN)n2)cc1. The van der Waals surface area contributed by atoms with Gasteiger partial charge in [0.1, 0.15) is 11.4 Å². The van der Waals surface area contributed by atoms with Gasteiger partial charge in [-0.05, 0) is 56.0 Å². The lowest BCUT2D eigenvalue weighted by molar-refractivity contribution is -0.177. The number of allylic oxidation sites excluding steroid dienone is 1. The van der Waals surface area contributed by atoms with E-state index in [0.29, 0.717) is 29.7 Å². The lowest BCUT2D eigenvalue weighted by Crippen LogP contribution is -2.31. The van der Waals surface area contributed by atoms with Gasteiger partial charge in [-0.2, -0.15) is 8.78 Å². The van der Waals surface area contributed by atoms with Crippen LogP contribution in [0.15, 0.2) is 41.5 Å². The second-order valence-electron chi connectivity index (χ2n) is 9.50. The molecule has 0 amide bonds. The van der Waals surface area contributed by atoms with E-state index < -0.39 is 18.1 Å². The van der Waals surface area contributed by atoms with Crippen molar-refractivity contribution < 1.29 is 23.4 Å². The van der Waals surface area contributed by atoms with Crippen LogP contribution >= 0.6 is 0 Å². The number of aromatic nitrogens is 2. The van der Waals surface area contributed by atoms with Gasteiger partial charge in [0, 0.05) is 37.9 Å². The molecule has 0 atom stereocenters. The highest BCUT2D eigenvalue weighted by atomic mass is 19.3. The lowest BCUT2D eigenvalue weighted by atomic mass is 9.81. The van der Waals surface area contributed by atoms with Crippen LogP contribution in [0.1, 0.15) is 87.4 Å². The number of aliphatic hydroxyl groups is 1. The Balaban J connectivity index is 1.79. The minimum absolute atomic E-state index is 0.0291. The van der Waals surface area contributed by atoms with Gasteiger partial charge < -0.3 is 15.6 Å². The molecule has 3 rings (SSSR count). The molecular weight excluding hydrogens is 478 g/mol. The Bertz CT molecular complexity index is 1110. The van der Waals surface area contributed by atoms with Crippen molar-refractivity contribution in [2.75, 3.05) is 7.05 Å². The van der Waals surface area contributed by atoms with Gasteiger partial charge in [0.05, 0.1) is 16.9 Å². The van der Waals surface area contributed by atoms with E-state index in [9.17, 15) is 18.7 Å². The number of nitrogens with two attached hydrogens (primary N) is 1. The van der Waals surface area contributed by atoms with E-state index in [1.54, 1.807) is 25.2 Å². The van der Waals surface area contributed by atoms with Crippen molar-refractivity contribution in [2.45, 2.75) is 82.8 Å². The lowest BCUT2D eigenvalue weighted by Gasteiger charge is -2.32. The molecule has 0 saturated heterocycles. The van der Waals surface area contributed by atoms with Crippen LogP contribution in [0, 0.1) is 0 Å². The monoisotopic (exact) mass is 514 g/mol. The summed E-state index contributed by atoms with van der Waals surface area (Å²) in [6, 6.07) is 7.67. The molecule has 1 heterocycles. The predicted octanol–water partition coefficient (Wildman–Crippen LogP) is 5.96. The molecule has 0 bridgehead atoms. The molecule has 1 aliphatic rings. The number of rotatable bonds is 12. The summed E-state index contributed by atoms with van der Waals surface area (Å²) in [5.41, 5.74) is 6.88. The fourth-order valence-electron chi connectivity index (χ4n) is 4.45. The molecule has 1 aliphatic carbocycles. The average Bonchev–Trinajstić information content (AvgIpc) is 2.90. The van der Waals surface area contributed by atoms with Gasteiger partial charge >= 0.3 is 6.11 Å². The molecule has 0 spiro atoms. The van der Waals surface area contributed by atoms with Gasteiger partial charge in [0.25, 0.3) is 0 Å². The molecule has 1 saturated carbocycles. The minimum atomic E-state index is -3.25. The number of alkyl halides is 2. The number of Topliss-reactive ketones (excluding diaryl/α,β-unsaturated/α-hetero) is 1. The third kappa shape index (κ3) is 8.15. The Morgan fingerprint density at radius 1 is 1.19 bits per heavy atom. The Morgan fingerprint density at radius 2 is 1.89 bits per heavy atom. The van der Waals surface area contributed by atoms with E-state index in [2.05, 4.69) is 15.0 Å². The molecule has 3 N–H and O–H groups in total. The Morgan fingerprint density at radius 3 is 2.51 bits per heavy atom. The number of hydrogen-bond donors (Lipinski definition) is 2. The number of carbonyl (C=O) groups excluding carboxylic acids is 1. The highest BCUT2D eigenvalue weighted by Crippen LogP contribution is 2.32. The smallest absolute Gasteiger partial charge is 0.397 e. The summed E-state index contributed by atoms with van der Waals surface area (Å²) in [4.78, 5) is 26.0. The highest BCUT2D eigenvalue weighted by Gasteiger charge is 2.29.